The van der Waals surface area contributed by atoms with E-state index in [1.54, 1.807) is 0 Å². The monoisotopic (exact) mass is 207 g/mol. The smallest absolute Gasteiger partial charge is 0.0644 e. The standard InChI is InChI=1S/C12H21N3/c1-8-11-9(13-4)6-12(2,3)7-10(11)15(5)14-8/h9,13H,6-7H2,1-5H3. The van der Waals surface area contributed by atoms with Gasteiger partial charge in [0.2, 0.25) is 0 Å². The molecular formula is C12H21N3. The molecule has 0 fully saturated rings. The molecule has 0 saturated heterocycles. The first-order valence-electron chi connectivity index (χ1n) is 5.64. The van der Waals surface area contributed by atoms with Crippen LogP contribution in [0.3, 0.4) is 0 Å². The fourth-order valence-electron chi connectivity index (χ4n) is 2.81. The van der Waals surface area contributed by atoms with Gasteiger partial charge in [0, 0.05) is 24.3 Å². The summed E-state index contributed by atoms with van der Waals surface area (Å²) in [5.41, 5.74) is 4.39. The number of fused-ring (bicyclic) bond motifs is 1. The highest BCUT2D eigenvalue weighted by atomic mass is 15.3. The van der Waals surface area contributed by atoms with Crippen molar-refractivity contribution >= 4 is 0 Å². The van der Waals surface area contributed by atoms with Crippen LogP contribution in [0.15, 0.2) is 0 Å². The van der Waals surface area contributed by atoms with Crippen molar-refractivity contribution in [3.05, 3.63) is 17.0 Å². The number of aryl methyl sites for hydroxylation is 2. The van der Waals surface area contributed by atoms with Gasteiger partial charge in [-0.2, -0.15) is 5.10 Å². The molecule has 1 aliphatic rings. The normalized spacial score (nSPS) is 23.9. The van der Waals surface area contributed by atoms with Crippen LogP contribution < -0.4 is 5.32 Å². The van der Waals surface area contributed by atoms with Gasteiger partial charge in [0.05, 0.1) is 5.69 Å². The molecule has 0 amide bonds. The van der Waals surface area contributed by atoms with Gasteiger partial charge in [0.25, 0.3) is 0 Å². The summed E-state index contributed by atoms with van der Waals surface area (Å²) >= 11 is 0. The average Bonchev–Trinajstić information content (AvgIpc) is 2.39. The minimum Gasteiger partial charge on any atom is -0.313 e. The molecule has 84 valence electrons. The molecule has 1 aromatic heterocycles. The Hall–Kier alpha value is -0.830. The van der Waals surface area contributed by atoms with Gasteiger partial charge < -0.3 is 5.32 Å². The third-order valence-electron chi connectivity index (χ3n) is 3.49. The van der Waals surface area contributed by atoms with Gasteiger partial charge in [0.15, 0.2) is 0 Å². The molecule has 15 heavy (non-hydrogen) atoms. The lowest BCUT2D eigenvalue weighted by molar-refractivity contribution is 0.258. The molecule has 1 atom stereocenters. The van der Waals surface area contributed by atoms with Crippen LogP contribution >= 0.6 is 0 Å². The molecule has 1 aliphatic carbocycles. The van der Waals surface area contributed by atoms with Gasteiger partial charge in [-0.05, 0) is 32.2 Å². The highest BCUT2D eigenvalue weighted by Gasteiger charge is 2.35. The van der Waals surface area contributed by atoms with E-state index in [2.05, 4.69) is 42.9 Å². The molecule has 0 bridgehead atoms. The van der Waals surface area contributed by atoms with E-state index in [0.29, 0.717) is 11.5 Å². The maximum Gasteiger partial charge on any atom is 0.0644 e. The van der Waals surface area contributed by atoms with Crippen LogP contribution in [0.25, 0.3) is 0 Å². The van der Waals surface area contributed by atoms with E-state index in [9.17, 15) is 0 Å². The van der Waals surface area contributed by atoms with Crippen molar-refractivity contribution < 1.29 is 0 Å². The maximum absolute atomic E-state index is 4.53. The molecule has 3 nitrogen and oxygen atoms in total. The topological polar surface area (TPSA) is 29.9 Å². The maximum atomic E-state index is 4.53. The molecule has 1 unspecified atom stereocenters. The molecule has 0 aromatic carbocycles. The first kappa shape index (κ1) is 10.7. The van der Waals surface area contributed by atoms with Crippen molar-refractivity contribution in [1.82, 2.24) is 15.1 Å². The Bertz CT molecular complexity index is 376. The lowest BCUT2D eigenvalue weighted by atomic mass is 9.74. The van der Waals surface area contributed by atoms with Crippen LogP contribution in [0.1, 0.15) is 43.3 Å². The number of hydrogen-bond acceptors (Lipinski definition) is 2. The van der Waals surface area contributed by atoms with E-state index in [4.69, 9.17) is 0 Å². The van der Waals surface area contributed by atoms with Gasteiger partial charge in [-0.3, -0.25) is 4.68 Å². The molecule has 1 N–H and O–H groups in total. The Labute approximate surface area is 91.9 Å². The van der Waals surface area contributed by atoms with Gasteiger partial charge in [0.1, 0.15) is 0 Å². The zero-order chi connectivity index (χ0) is 11.2. The third kappa shape index (κ3) is 1.69. The van der Waals surface area contributed by atoms with E-state index >= 15 is 0 Å². The van der Waals surface area contributed by atoms with Crippen LogP contribution in [0, 0.1) is 12.3 Å². The Balaban J connectivity index is 2.51. The second kappa shape index (κ2) is 3.34. The highest BCUT2D eigenvalue weighted by molar-refractivity contribution is 5.32. The molecule has 1 heterocycles. The Morgan fingerprint density at radius 1 is 1.47 bits per heavy atom. The van der Waals surface area contributed by atoms with Gasteiger partial charge in [-0.1, -0.05) is 13.8 Å². The van der Waals surface area contributed by atoms with Gasteiger partial charge in [-0.25, -0.2) is 0 Å². The summed E-state index contributed by atoms with van der Waals surface area (Å²) in [7, 11) is 4.10. The molecule has 1 aromatic rings. The number of aromatic nitrogens is 2. The molecule has 3 heteroatoms. The summed E-state index contributed by atoms with van der Waals surface area (Å²) in [5.74, 6) is 0. The fourth-order valence-corrected chi connectivity index (χ4v) is 2.81. The van der Waals surface area contributed by atoms with Crippen LogP contribution in [-0.2, 0) is 13.5 Å². The second-order valence-corrected chi connectivity index (χ2v) is 5.46. The summed E-state index contributed by atoms with van der Waals surface area (Å²) in [6, 6.07) is 0.470. The number of rotatable bonds is 1. The summed E-state index contributed by atoms with van der Waals surface area (Å²) in [5, 5.41) is 7.95. The van der Waals surface area contributed by atoms with Gasteiger partial charge >= 0.3 is 0 Å². The second-order valence-electron chi connectivity index (χ2n) is 5.46. The number of nitrogens with zero attached hydrogens (tertiary/aromatic N) is 2. The Morgan fingerprint density at radius 2 is 2.13 bits per heavy atom. The van der Waals surface area contributed by atoms with Crippen LogP contribution in [0.4, 0.5) is 0 Å². The summed E-state index contributed by atoms with van der Waals surface area (Å²) in [6.07, 6.45) is 2.33. The quantitative estimate of drug-likeness (QED) is 0.763. The molecular weight excluding hydrogens is 186 g/mol. The van der Waals surface area contributed by atoms with Crippen LogP contribution in [0.5, 0.6) is 0 Å². The molecule has 2 rings (SSSR count). The molecule has 0 spiro atoms. The minimum absolute atomic E-state index is 0.376. The van der Waals surface area contributed by atoms with Crippen LogP contribution in [-0.4, -0.2) is 16.8 Å². The highest BCUT2D eigenvalue weighted by Crippen LogP contribution is 2.41. The summed E-state index contributed by atoms with van der Waals surface area (Å²) in [6.45, 7) is 6.78. The molecule has 0 aliphatic heterocycles. The lowest BCUT2D eigenvalue weighted by Crippen LogP contribution is -2.32. The number of nitrogens with one attached hydrogen (secondary N) is 1. The zero-order valence-electron chi connectivity index (χ0n) is 10.4. The van der Waals surface area contributed by atoms with Crippen molar-refractivity contribution in [2.45, 2.75) is 39.7 Å². The first-order valence-corrected chi connectivity index (χ1v) is 5.64. The van der Waals surface area contributed by atoms with E-state index in [1.807, 2.05) is 7.05 Å². The SMILES string of the molecule is CNC1CC(C)(C)Cc2c1c(C)nn2C. The van der Waals surface area contributed by atoms with E-state index < -0.39 is 0 Å². The van der Waals surface area contributed by atoms with Crippen molar-refractivity contribution in [2.75, 3.05) is 7.05 Å². The van der Waals surface area contributed by atoms with Crippen molar-refractivity contribution in [3.63, 3.8) is 0 Å². The van der Waals surface area contributed by atoms with Crippen LogP contribution in [0.2, 0.25) is 0 Å². The predicted octanol–water partition coefficient (Wildman–Crippen LogP) is 1.96. The zero-order valence-corrected chi connectivity index (χ0v) is 10.4. The summed E-state index contributed by atoms with van der Waals surface area (Å²) < 4.78 is 2.05. The third-order valence-corrected chi connectivity index (χ3v) is 3.49. The number of hydrogen-bond donors (Lipinski definition) is 1. The average molecular weight is 207 g/mol. The van der Waals surface area contributed by atoms with Crippen molar-refractivity contribution in [3.8, 4) is 0 Å². The largest absolute Gasteiger partial charge is 0.313 e. The van der Waals surface area contributed by atoms with E-state index in [-0.39, 0.29) is 0 Å². The lowest BCUT2D eigenvalue weighted by Gasteiger charge is -2.35. The Kier molecular flexibility index (Phi) is 2.38. The van der Waals surface area contributed by atoms with Crippen molar-refractivity contribution in [1.29, 1.82) is 0 Å². The molecule has 0 radical (unpaired) electrons. The van der Waals surface area contributed by atoms with E-state index in [1.165, 1.54) is 23.4 Å². The summed E-state index contributed by atoms with van der Waals surface area (Å²) in [4.78, 5) is 0. The Morgan fingerprint density at radius 3 is 2.73 bits per heavy atom. The van der Waals surface area contributed by atoms with Crippen molar-refractivity contribution in [2.24, 2.45) is 12.5 Å². The van der Waals surface area contributed by atoms with Gasteiger partial charge in [-0.15, -0.1) is 0 Å². The first-order chi connectivity index (χ1) is 6.94. The fraction of sp³-hybridized carbons (Fsp3) is 0.750. The molecule has 0 saturated carbocycles. The van der Waals surface area contributed by atoms with E-state index in [0.717, 1.165) is 6.42 Å². The predicted molar refractivity (Wildman–Crippen MR) is 61.8 cm³/mol. The minimum atomic E-state index is 0.376.